The van der Waals surface area contributed by atoms with Gasteiger partial charge in [-0.25, -0.2) is 0 Å². The molecule has 0 spiro atoms. The third kappa shape index (κ3) is 5.16. The summed E-state index contributed by atoms with van der Waals surface area (Å²) in [6, 6.07) is 7.48. The van der Waals surface area contributed by atoms with Gasteiger partial charge in [0.25, 0.3) is 5.91 Å². The van der Waals surface area contributed by atoms with Crippen molar-refractivity contribution in [2.24, 2.45) is 5.92 Å². The lowest BCUT2D eigenvalue weighted by Crippen LogP contribution is -2.41. The third-order valence-corrected chi connectivity index (χ3v) is 4.16. The molecule has 0 radical (unpaired) electrons. The van der Waals surface area contributed by atoms with Crippen LogP contribution in [0.15, 0.2) is 28.7 Å². The highest BCUT2D eigenvalue weighted by Gasteiger charge is 2.21. The average molecular weight is 354 g/mol. The third-order valence-electron chi connectivity index (χ3n) is 3.63. The van der Waals surface area contributed by atoms with Gasteiger partial charge >= 0.3 is 5.97 Å². The minimum Gasteiger partial charge on any atom is -0.455 e. The van der Waals surface area contributed by atoms with Gasteiger partial charge in [-0.05, 0) is 36.5 Å². The molecule has 1 fully saturated rings. The van der Waals surface area contributed by atoms with Crippen LogP contribution in [0.3, 0.4) is 0 Å². The fourth-order valence-electron chi connectivity index (χ4n) is 2.47. The molecule has 1 aliphatic rings. The van der Waals surface area contributed by atoms with Gasteiger partial charge in [0.2, 0.25) is 0 Å². The van der Waals surface area contributed by atoms with Gasteiger partial charge in [-0.3, -0.25) is 9.59 Å². The quantitative estimate of drug-likeness (QED) is 0.782. The van der Waals surface area contributed by atoms with Crippen molar-refractivity contribution in [1.82, 2.24) is 4.90 Å². The Morgan fingerprint density at radius 3 is 2.71 bits per heavy atom. The van der Waals surface area contributed by atoms with E-state index in [1.54, 1.807) is 4.90 Å². The predicted octanol–water partition coefficient (Wildman–Crippen LogP) is 2.79. The maximum Gasteiger partial charge on any atom is 0.310 e. The lowest BCUT2D eigenvalue weighted by molar-refractivity contribution is -0.152. The molecule has 114 valence electrons. The fourth-order valence-corrected chi connectivity index (χ4v) is 2.73. The van der Waals surface area contributed by atoms with Crippen molar-refractivity contribution >= 4 is 27.8 Å². The second kappa shape index (κ2) is 7.59. The molecule has 21 heavy (non-hydrogen) atoms. The molecule has 0 bridgehead atoms. The van der Waals surface area contributed by atoms with Gasteiger partial charge in [0.1, 0.15) is 0 Å². The number of amides is 1. The number of esters is 1. The summed E-state index contributed by atoms with van der Waals surface area (Å²) in [6.07, 6.45) is 2.38. The van der Waals surface area contributed by atoms with Crippen LogP contribution in [0.4, 0.5) is 0 Å². The minimum absolute atomic E-state index is 0.0919. The van der Waals surface area contributed by atoms with Crippen LogP contribution in [0.2, 0.25) is 0 Å². The standard InChI is InChI=1S/C16H20BrNO3/c1-12-3-2-8-18(10-12)15(19)11-21-16(20)9-13-4-6-14(17)7-5-13/h4-7,12H,2-3,8-11H2,1H3. The maximum absolute atomic E-state index is 12.0. The number of piperidine rings is 1. The molecule has 4 nitrogen and oxygen atoms in total. The van der Waals surface area contributed by atoms with E-state index in [1.165, 1.54) is 0 Å². The smallest absolute Gasteiger partial charge is 0.310 e. The Morgan fingerprint density at radius 1 is 1.33 bits per heavy atom. The van der Waals surface area contributed by atoms with Crippen LogP contribution >= 0.6 is 15.9 Å². The summed E-state index contributed by atoms with van der Waals surface area (Å²) in [4.78, 5) is 25.5. The minimum atomic E-state index is -0.365. The first-order valence-electron chi connectivity index (χ1n) is 7.22. The molecular weight excluding hydrogens is 334 g/mol. The molecule has 1 unspecified atom stereocenters. The number of hydrogen-bond acceptors (Lipinski definition) is 3. The molecule has 0 aromatic heterocycles. The Morgan fingerprint density at radius 2 is 2.05 bits per heavy atom. The van der Waals surface area contributed by atoms with E-state index in [9.17, 15) is 9.59 Å². The van der Waals surface area contributed by atoms with Crippen LogP contribution in [-0.4, -0.2) is 36.5 Å². The zero-order valence-corrected chi connectivity index (χ0v) is 13.8. The average Bonchev–Trinajstić information content (AvgIpc) is 2.47. The molecule has 5 heteroatoms. The summed E-state index contributed by atoms with van der Waals surface area (Å²) in [7, 11) is 0. The lowest BCUT2D eigenvalue weighted by atomic mass is 10.0. The number of nitrogens with zero attached hydrogens (tertiary/aromatic N) is 1. The molecule has 0 aliphatic carbocycles. The number of halogens is 1. The highest BCUT2D eigenvalue weighted by atomic mass is 79.9. The van der Waals surface area contributed by atoms with Gasteiger partial charge in [-0.2, -0.15) is 0 Å². The van der Waals surface area contributed by atoms with E-state index < -0.39 is 0 Å². The lowest BCUT2D eigenvalue weighted by Gasteiger charge is -2.30. The van der Waals surface area contributed by atoms with Crippen molar-refractivity contribution in [3.05, 3.63) is 34.3 Å². The van der Waals surface area contributed by atoms with Crippen LogP contribution in [0, 0.1) is 5.92 Å². The molecule has 1 heterocycles. The van der Waals surface area contributed by atoms with Gasteiger partial charge in [-0.1, -0.05) is 35.0 Å². The molecule has 1 saturated heterocycles. The van der Waals surface area contributed by atoms with Crippen molar-refractivity contribution < 1.29 is 14.3 Å². The van der Waals surface area contributed by atoms with E-state index in [0.717, 1.165) is 36.0 Å². The SMILES string of the molecule is CC1CCCN(C(=O)COC(=O)Cc2ccc(Br)cc2)C1. The van der Waals surface area contributed by atoms with E-state index >= 15 is 0 Å². The molecule has 1 aromatic rings. The summed E-state index contributed by atoms with van der Waals surface area (Å²) < 4.78 is 6.05. The highest BCUT2D eigenvalue weighted by Crippen LogP contribution is 2.15. The summed E-state index contributed by atoms with van der Waals surface area (Å²) in [5, 5.41) is 0. The van der Waals surface area contributed by atoms with Crippen molar-refractivity contribution in [3.63, 3.8) is 0 Å². The van der Waals surface area contributed by atoms with E-state index in [1.807, 2.05) is 24.3 Å². The van der Waals surface area contributed by atoms with Gasteiger partial charge < -0.3 is 9.64 Å². The van der Waals surface area contributed by atoms with Crippen molar-refractivity contribution in [3.8, 4) is 0 Å². The Balaban J connectivity index is 1.75. The molecule has 0 N–H and O–H groups in total. The van der Waals surface area contributed by atoms with Crippen LogP contribution in [0.1, 0.15) is 25.3 Å². The fraction of sp³-hybridized carbons (Fsp3) is 0.500. The van der Waals surface area contributed by atoms with Crippen LogP contribution < -0.4 is 0 Å². The van der Waals surface area contributed by atoms with Gasteiger partial charge in [0.15, 0.2) is 6.61 Å². The number of carbonyl (C=O) groups excluding carboxylic acids is 2. The monoisotopic (exact) mass is 353 g/mol. The zero-order chi connectivity index (χ0) is 15.2. The maximum atomic E-state index is 12.0. The summed E-state index contributed by atoms with van der Waals surface area (Å²) in [5.41, 5.74) is 0.877. The number of rotatable bonds is 4. The molecule has 1 aliphatic heterocycles. The summed E-state index contributed by atoms with van der Waals surface area (Å²) in [6.45, 7) is 3.53. The first-order chi connectivity index (χ1) is 10.0. The van der Waals surface area contributed by atoms with Gasteiger partial charge in [0, 0.05) is 17.6 Å². The van der Waals surface area contributed by atoms with E-state index in [0.29, 0.717) is 5.92 Å². The molecule has 1 aromatic carbocycles. The first kappa shape index (κ1) is 16.0. The Labute approximate surface area is 133 Å². The van der Waals surface area contributed by atoms with Crippen molar-refractivity contribution in [2.75, 3.05) is 19.7 Å². The summed E-state index contributed by atoms with van der Waals surface area (Å²) >= 11 is 3.34. The first-order valence-corrected chi connectivity index (χ1v) is 8.01. The topological polar surface area (TPSA) is 46.6 Å². The largest absolute Gasteiger partial charge is 0.455 e. The number of benzene rings is 1. The Bertz CT molecular complexity index is 501. The highest BCUT2D eigenvalue weighted by molar-refractivity contribution is 9.10. The number of hydrogen-bond donors (Lipinski definition) is 0. The van der Waals surface area contributed by atoms with Crippen LogP contribution in [0.5, 0.6) is 0 Å². The van der Waals surface area contributed by atoms with Crippen molar-refractivity contribution in [1.29, 1.82) is 0 Å². The van der Waals surface area contributed by atoms with E-state index in [2.05, 4.69) is 22.9 Å². The molecule has 2 rings (SSSR count). The summed E-state index contributed by atoms with van der Waals surface area (Å²) in [5.74, 6) is 0.0719. The molecule has 0 saturated carbocycles. The van der Waals surface area contributed by atoms with Gasteiger partial charge in [0.05, 0.1) is 6.42 Å². The predicted molar refractivity (Wildman–Crippen MR) is 83.8 cm³/mol. The molecule has 1 atom stereocenters. The van der Waals surface area contributed by atoms with E-state index in [-0.39, 0.29) is 24.9 Å². The van der Waals surface area contributed by atoms with Gasteiger partial charge in [-0.15, -0.1) is 0 Å². The second-order valence-corrected chi connectivity index (χ2v) is 6.47. The number of likely N-dealkylation sites (tertiary alicyclic amines) is 1. The van der Waals surface area contributed by atoms with Crippen LogP contribution in [0.25, 0.3) is 0 Å². The molecule has 1 amide bonds. The Kier molecular flexibility index (Phi) is 5.79. The normalized spacial score (nSPS) is 18.4. The zero-order valence-electron chi connectivity index (χ0n) is 12.2. The second-order valence-electron chi connectivity index (χ2n) is 5.55. The number of carbonyl (C=O) groups is 2. The van der Waals surface area contributed by atoms with Crippen LogP contribution in [-0.2, 0) is 20.7 Å². The molecular formula is C16H20BrNO3. The van der Waals surface area contributed by atoms with E-state index in [4.69, 9.17) is 4.74 Å². The number of ether oxygens (including phenoxy) is 1. The Hall–Kier alpha value is -1.36. The van der Waals surface area contributed by atoms with Crippen molar-refractivity contribution in [2.45, 2.75) is 26.2 Å².